The molecule has 2 aromatic carbocycles. The Balaban J connectivity index is 0.00000420. The lowest BCUT2D eigenvalue weighted by Crippen LogP contribution is -2.47. The predicted octanol–water partition coefficient (Wildman–Crippen LogP) is 5.66. The van der Waals surface area contributed by atoms with Gasteiger partial charge in [0.1, 0.15) is 11.4 Å². The summed E-state index contributed by atoms with van der Waals surface area (Å²) in [4.78, 5) is 17.4. The summed E-state index contributed by atoms with van der Waals surface area (Å²) in [7, 11) is 0. The van der Waals surface area contributed by atoms with Gasteiger partial charge in [-0.3, -0.25) is 4.90 Å². The quantitative estimate of drug-likeness (QED) is 0.262. The number of aryl methyl sites for hydroxylation is 3. The van der Waals surface area contributed by atoms with Gasteiger partial charge in [0, 0.05) is 54.7 Å². The van der Waals surface area contributed by atoms with Crippen LogP contribution in [0.1, 0.15) is 40.0 Å². The Morgan fingerprint density at radius 3 is 2.23 bits per heavy atom. The van der Waals surface area contributed by atoms with Crippen LogP contribution in [-0.4, -0.2) is 77.9 Å². The molecule has 1 aromatic heterocycles. The van der Waals surface area contributed by atoms with Crippen molar-refractivity contribution in [2.24, 2.45) is 5.73 Å². The Kier molecular flexibility index (Phi) is 11.8. The number of fused-ring (bicyclic) bond motifs is 1. The van der Waals surface area contributed by atoms with Gasteiger partial charge in [-0.25, -0.2) is 4.79 Å². The number of carboxylic acids is 1. The number of piperazine rings is 1. The molecule has 1 saturated heterocycles. The van der Waals surface area contributed by atoms with E-state index in [0.29, 0.717) is 36.7 Å². The van der Waals surface area contributed by atoms with Gasteiger partial charge in [-0.15, -0.1) is 12.4 Å². The molecular formula is C29H39Cl3N4O3. The van der Waals surface area contributed by atoms with Crippen molar-refractivity contribution in [3.8, 4) is 5.75 Å². The average Bonchev–Trinajstić information content (AvgIpc) is 3.20. The van der Waals surface area contributed by atoms with E-state index in [2.05, 4.69) is 9.80 Å². The molecule has 0 saturated carbocycles. The molecule has 0 aliphatic carbocycles. The molecule has 39 heavy (non-hydrogen) atoms. The number of aromatic nitrogens is 1. The van der Waals surface area contributed by atoms with Crippen molar-refractivity contribution in [3.63, 3.8) is 0 Å². The first kappa shape index (κ1) is 31.5. The lowest BCUT2D eigenvalue weighted by molar-refractivity contribution is 0.0682. The van der Waals surface area contributed by atoms with E-state index in [0.717, 1.165) is 90.6 Å². The molecule has 0 unspecified atom stereocenters. The summed E-state index contributed by atoms with van der Waals surface area (Å²) < 4.78 is 7.93. The summed E-state index contributed by atoms with van der Waals surface area (Å²) >= 11 is 12.6. The maximum atomic E-state index is 12.5. The Morgan fingerprint density at radius 1 is 0.974 bits per heavy atom. The van der Waals surface area contributed by atoms with Gasteiger partial charge in [0.25, 0.3) is 0 Å². The zero-order valence-corrected chi connectivity index (χ0v) is 25.0. The van der Waals surface area contributed by atoms with Crippen LogP contribution in [0.15, 0.2) is 30.3 Å². The van der Waals surface area contributed by atoms with E-state index in [1.807, 2.05) is 48.7 Å². The van der Waals surface area contributed by atoms with Gasteiger partial charge in [-0.2, -0.15) is 0 Å². The molecule has 1 aliphatic heterocycles. The van der Waals surface area contributed by atoms with Crippen LogP contribution in [0, 0.1) is 13.8 Å². The van der Waals surface area contributed by atoms with Crippen molar-refractivity contribution in [3.05, 3.63) is 62.8 Å². The van der Waals surface area contributed by atoms with Crippen LogP contribution in [0.5, 0.6) is 5.75 Å². The van der Waals surface area contributed by atoms with Crippen molar-refractivity contribution in [2.75, 3.05) is 52.4 Å². The molecule has 4 rings (SSSR count). The summed E-state index contributed by atoms with van der Waals surface area (Å²) in [6, 6.07) is 9.53. The maximum Gasteiger partial charge on any atom is 0.352 e. The van der Waals surface area contributed by atoms with Gasteiger partial charge in [0.15, 0.2) is 0 Å². The molecule has 0 atom stereocenters. The van der Waals surface area contributed by atoms with E-state index in [1.54, 1.807) is 0 Å². The second-order valence-corrected chi connectivity index (χ2v) is 10.9. The number of hydrogen-bond donors (Lipinski definition) is 2. The molecule has 214 valence electrons. The fourth-order valence-electron chi connectivity index (χ4n) is 5.35. The number of nitrogens with zero attached hydrogens (tertiary/aromatic N) is 3. The highest BCUT2D eigenvalue weighted by Gasteiger charge is 2.24. The third kappa shape index (κ3) is 7.81. The van der Waals surface area contributed by atoms with Crippen LogP contribution in [0.3, 0.4) is 0 Å². The molecule has 3 aromatic rings. The second kappa shape index (κ2) is 14.6. The highest BCUT2D eigenvalue weighted by atomic mass is 35.5. The fraction of sp³-hybridized carbons (Fsp3) is 0.483. The van der Waals surface area contributed by atoms with Crippen molar-refractivity contribution < 1.29 is 14.6 Å². The molecule has 1 fully saturated rings. The fourth-order valence-corrected chi connectivity index (χ4v) is 5.62. The van der Waals surface area contributed by atoms with Crippen LogP contribution in [0.25, 0.3) is 10.9 Å². The largest absolute Gasteiger partial charge is 0.494 e. The van der Waals surface area contributed by atoms with Crippen LogP contribution < -0.4 is 10.5 Å². The van der Waals surface area contributed by atoms with Crippen LogP contribution >= 0.6 is 35.6 Å². The third-order valence-corrected chi connectivity index (χ3v) is 8.20. The standard InChI is InChI=1S/C29H38Cl2N4O3.ClH/c1-20-17-23(18-21(2)27(20)31)38-16-3-5-25-24-7-6-22(30)19-26(24)35(28(25)29(36)37)15-14-34-12-10-33(11-13-34)9-4-8-32;/h6-7,17-19H,3-5,8-16,32H2,1-2H3,(H,36,37);1H. The van der Waals surface area contributed by atoms with Crippen molar-refractivity contribution in [2.45, 2.75) is 39.7 Å². The van der Waals surface area contributed by atoms with Gasteiger partial charge >= 0.3 is 5.97 Å². The highest BCUT2D eigenvalue weighted by molar-refractivity contribution is 6.32. The summed E-state index contributed by atoms with van der Waals surface area (Å²) in [5.41, 5.74) is 9.67. The van der Waals surface area contributed by atoms with E-state index < -0.39 is 5.97 Å². The SMILES string of the molecule is Cc1cc(OCCCc2c(C(=O)O)n(CCN3CCN(CCCN)CC3)c3cc(Cl)ccc23)cc(C)c1Cl.Cl. The molecule has 0 radical (unpaired) electrons. The van der Waals surface area contributed by atoms with Gasteiger partial charge in [0.2, 0.25) is 0 Å². The Hall–Kier alpha value is -2.00. The minimum absolute atomic E-state index is 0. The van der Waals surface area contributed by atoms with Gasteiger partial charge in [-0.05, 0) is 87.2 Å². The average molecular weight is 598 g/mol. The number of carboxylic acid groups (broad SMARTS) is 1. The molecule has 0 spiro atoms. The minimum atomic E-state index is -0.913. The molecule has 1 aliphatic rings. The van der Waals surface area contributed by atoms with E-state index in [-0.39, 0.29) is 12.4 Å². The molecule has 10 heteroatoms. The third-order valence-electron chi connectivity index (χ3n) is 7.37. The number of halogens is 3. The minimum Gasteiger partial charge on any atom is -0.494 e. The first-order valence-corrected chi connectivity index (χ1v) is 14.1. The highest BCUT2D eigenvalue weighted by Crippen LogP contribution is 2.31. The van der Waals surface area contributed by atoms with Crippen molar-refractivity contribution in [1.29, 1.82) is 0 Å². The topological polar surface area (TPSA) is 84.0 Å². The number of hydrogen-bond acceptors (Lipinski definition) is 5. The molecular weight excluding hydrogens is 559 g/mol. The van der Waals surface area contributed by atoms with Gasteiger partial charge < -0.3 is 25.0 Å². The van der Waals surface area contributed by atoms with E-state index in [1.165, 1.54) is 0 Å². The lowest BCUT2D eigenvalue weighted by atomic mass is 10.1. The van der Waals surface area contributed by atoms with E-state index in [4.69, 9.17) is 33.7 Å². The number of carbonyl (C=O) groups is 1. The summed E-state index contributed by atoms with van der Waals surface area (Å²) in [6.45, 7) is 11.5. The number of nitrogens with two attached hydrogens (primary N) is 1. The first-order valence-electron chi connectivity index (χ1n) is 13.4. The zero-order chi connectivity index (χ0) is 27.2. The summed E-state index contributed by atoms with van der Waals surface area (Å²) in [5, 5.41) is 12.6. The molecule has 7 nitrogen and oxygen atoms in total. The van der Waals surface area contributed by atoms with Crippen molar-refractivity contribution >= 4 is 52.5 Å². The molecule has 0 bridgehead atoms. The number of aromatic carboxylic acids is 1. The molecule has 2 heterocycles. The zero-order valence-electron chi connectivity index (χ0n) is 22.7. The Labute approximate surface area is 247 Å². The van der Waals surface area contributed by atoms with Crippen molar-refractivity contribution in [1.82, 2.24) is 14.4 Å². The number of ether oxygens (including phenoxy) is 1. The van der Waals surface area contributed by atoms with Crippen LogP contribution in [0.4, 0.5) is 0 Å². The summed E-state index contributed by atoms with van der Waals surface area (Å²) in [5.74, 6) is -0.135. The normalized spacial score (nSPS) is 14.5. The maximum absolute atomic E-state index is 12.5. The molecule has 3 N–H and O–H groups in total. The monoisotopic (exact) mass is 596 g/mol. The Morgan fingerprint density at radius 2 is 1.62 bits per heavy atom. The summed E-state index contributed by atoms with van der Waals surface area (Å²) in [6.07, 6.45) is 2.30. The number of rotatable bonds is 12. The van der Waals surface area contributed by atoms with Gasteiger partial charge in [-0.1, -0.05) is 29.3 Å². The second-order valence-electron chi connectivity index (χ2n) is 10.1. The van der Waals surface area contributed by atoms with E-state index >= 15 is 0 Å². The van der Waals surface area contributed by atoms with Crippen LogP contribution in [0.2, 0.25) is 10.0 Å². The predicted molar refractivity (Wildman–Crippen MR) is 162 cm³/mol. The first-order chi connectivity index (χ1) is 18.3. The lowest BCUT2D eigenvalue weighted by Gasteiger charge is -2.34. The smallest absolute Gasteiger partial charge is 0.352 e. The Bertz CT molecular complexity index is 1250. The number of benzene rings is 2. The van der Waals surface area contributed by atoms with E-state index in [9.17, 15) is 9.90 Å². The van der Waals surface area contributed by atoms with Crippen LogP contribution in [-0.2, 0) is 13.0 Å². The molecule has 0 amide bonds. The van der Waals surface area contributed by atoms with Gasteiger partial charge in [0.05, 0.1) is 12.1 Å².